The van der Waals surface area contributed by atoms with Gasteiger partial charge in [-0.25, -0.2) is 0 Å². The molecular weight excluding hydrogens is 534 g/mol. The number of nitrogens with one attached hydrogen (secondary N) is 2. The molecule has 4 aliphatic rings. The summed E-state index contributed by atoms with van der Waals surface area (Å²) in [5.41, 5.74) is 5.61. The molecule has 7 heteroatoms. The Kier molecular flexibility index (Phi) is 6.81. The maximum Gasteiger partial charge on any atom is 0.312 e. The molecule has 5 rings (SSSR count). The minimum atomic E-state index is -0.354. The van der Waals surface area contributed by atoms with Gasteiger partial charge >= 0.3 is 5.97 Å². The molecule has 0 unspecified atom stereocenters. The van der Waals surface area contributed by atoms with Crippen molar-refractivity contribution in [2.45, 2.75) is 85.5 Å². The van der Waals surface area contributed by atoms with Crippen LogP contribution in [0.5, 0.6) is 0 Å². The molecule has 5 nitrogen and oxygen atoms in total. The zero-order valence-electron chi connectivity index (χ0n) is 22.1. The Labute approximate surface area is 229 Å². The van der Waals surface area contributed by atoms with E-state index in [2.05, 4.69) is 47.4 Å². The summed E-state index contributed by atoms with van der Waals surface area (Å²) in [5, 5.41) is 8.69. The van der Waals surface area contributed by atoms with Crippen LogP contribution >= 0.6 is 28.1 Å². The first-order chi connectivity index (χ1) is 17.0. The van der Waals surface area contributed by atoms with Gasteiger partial charge < -0.3 is 10.1 Å². The van der Waals surface area contributed by atoms with Crippen molar-refractivity contribution < 1.29 is 9.53 Å². The highest BCUT2D eigenvalue weighted by Crippen LogP contribution is 2.73. The lowest BCUT2D eigenvalue weighted by molar-refractivity contribution is -0.187. The van der Waals surface area contributed by atoms with E-state index in [0.717, 1.165) is 42.3 Å². The molecule has 0 radical (unpaired) electrons. The zero-order chi connectivity index (χ0) is 25.8. The van der Waals surface area contributed by atoms with E-state index in [1.807, 2.05) is 31.2 Å². The van der Waals surface area contributed by atoms with Crippen molar-refractivity contribution >= 4 is 50.6 Å². The standard InChI is InChI=1S/C29H40BrN3O2S/c1-5-35-24(34)28(4)14-6-13-27(3)21(28)12-16-29-17-23(26(2,18-29)15-11-22(27)29)32-33-25(36)31-20-9-7-19(30)8-10-20/h7-10,21-22H,5-6,11-18H2,1-4H3,(H2,31,33,36)/b32-23+/t21-,22-,26-,27+,28+,29-/m0/s1. The van der Waals surface area contributed by atoms with Gasteiger partial charge in [0.05, 0.1) is 12.0 Å². The zero-order valence-corrected chi connectivity index (χ0v) is 24.5. The van der Waals surface area contributed by atoms with Crippen molar-refractivity contribution in [3.8, 4) is 0 Å². The molecule has 1 spiro atoms. The Morgan fingerprint density at radius 2 is 1.83 bits per heavy atom. The number of halogens is 1. The first-order valence-electron chi connectivity index (χ1n) is 13.6. The molecule has 1 aromatic rings. The molecule has 0 aromatic heterocycles. The molecule has 6 atom stereocenters. The number of carbonyl (C=O) groups is 1. The number of fused-ring (bicyclic) bond motifs is 3. The number of hydrazone groups is 1. The summed E-state index contributed by atoms with van der Waals surface area (Å²) in [6, 6.07) is 7.97. The fourth-order valence-corrected chi connectivity index (χ4v) is 9.48. The number of thiocarbonyl (C=S) groups is 1. The summed E-state index contributed by atoms with van der Waals surface area (Å²) in [6.07, 6.45) is 10.2. The van der Waals surface area contributed by atoms with Crippen molar-refractivity contribution in [2.24, 2.45) is 38.6 Å². The van der Waals surface area contributed by atoms with E-state index in [-0.39, 0.29) is 27.6 Å². The van der Waals surface area contributed by atoms with Crippen LogP contribution in [0.3, 0.4) is 0 Å². The summed E-state index contributed by atoms with van der Waals surface area (Å²) in [6.45, 7) is 9.50. The molecule has 0 amide bonds. The minimum absolute atomic E-state index is 0.0298. The largest absolute Gasteiger partial charge is 0.466 e. The van der Waals surface area contributed by atoms with Gasteiger partial charge in [-0.2, -0.15) is 5.10 Å². The van der Waals surface area contributed by atoms with E-state index in [1.54, 1.807) is 0 Å². The normalized spacial score (nSPS) is 40.2. The van der Waals surface area contributed by atoms with Crippen molar-refractivity contribution in [3.63, 3.8) is 0 Å². The lowest BCUT2D eigenvalue weighted by atomic mass is 9.40. The maximum atomic E-state index is 13.2. The van der Waals surface area contributed by atoms with Crippen LogP contribution in [0.15, 0.2) is 33.8 Å². The number of anilines is 1. The first kappa shape index (κ1) is 26.1. The molecule has 4 saturated carbocycles. The molecule has 196 valence electrons. The second-order valence-corrected chi connectivity index (χ2v) is 13.9. The van der Waals surface area contributed by atoms with E-state index in [0.29, 0.717) is 23.6 Å². The predicted octanol–water partition coefficient (Wildman–Crippen LogP) is 7.46. The molecule has 0 heterocycles. The van der Waals surface area contributed by atoms with E-state index in [1.165, 1.54) is 31.4 Å². The quantitative estimate of drug-likeness (QED) is 0.222. The number of esters is 1. The van der Waals surface area contributed by atoms with Gasteiger partial charge in [0.15, 0.2) is 5.11 Å². The monoisotopic (exact) mass is 573 g/mol. The van der Waals surface area contributed by atoms with Crippen LogP contribution in [-0.2, 0) is 9.53 Å². The molecule has 0 saturated heterocycles. The van der Waals surface area contributed by atoms with Gasteiger partial charge in [-0.3, -0.25) is 10.2 Å². The molecule has 2 N–H and O–H groups in total. The molecule has 36 heavy (non-hydrogen) atoms. The van der Waals surface area contributed by atoms with Gasteiger partial charge in [0.25, 0.3) is 0 Å². The molecule has 2 bridgehead atoms. The second kappa shape index (κ2) is 9.37. The minimum Gasteiger partial charge on any atom is -0.466 e. The molecule has 4 fully saturated rings. The SMILES string of the molecule is CCOC(=O)[C@]1(C)CCC[C@@]2(C)[C@@H]3CC[C@@]4(C)C[C@]3(CC[C@@H]21)C/C4=N\NC(=S)Nc1ccc(Br)cc1. The van der Waals surface area contributed by atoms with Crippen LogP contribution in [0.2, 0.25) is 0 Å². The van der Waals surface area contributed by atoms with Gasteiger partial charge in [-0.05, 0) is 124 Å². The molecule has 4 aliphatic carbocycles. The predicted molar refractivity (Wildman–Crippen MR) is 153 cm³/mol. The van der Waals surface area contributed by atoms with Crippen molar-refractivity contribution in [3.05, 3.63) is 28.7 Å². The van der Waals surface area contributed by atoms with E-state index >= 15 is 0 Å². The average Bonchev–Trinajstić information content (AvgIpc) is 3.03. The topological polar surface area (TPSA) is 62.7 Å². The van der Waals surface area contributed by atoms with Gasteiger partial charge in [0.2, 0.25) is 0 Å². The van der Waals surface area contributed by atoms with Crippen molar-refractivity contribution in [1.29, 1.82) is 0 Å². The fourth-order valence-electron chi connectivity index (χ4n) is 9.05. The number of carbonyl (C=O) groups excluding carboxylic acids is 1. The number of hydrogen-bond donors (Lipinski definition) is 2. The highest BCUT2D eigenvalue weighted by atomic mass is 79.9. The molecular formula is C29H40BrN3O2S. The second-order valence-electron chi connectivity index (χ2n) is 12.6. The van der Waals surface area contributed by atoms with Crippen LogP contribution in [-0.4, -0.2) is 23.4 Å². The average molecular weight is 575 g/mol. The van der Waals surface area contributed by atoms with Crippen LogP contribution in [0.4, 0.5) is 5.69 Å². The smallest absolute Gasteiger partial charge is 0.312 e. The Balaban J connectivity index is 1.35. The lowest BCUT2D eigenvalue weighted by Gasteiger charge is -2.64. The van der Waals surface area contributed by atoms with Gasteiger partial charge in [-0.15, -0.1) is 0 Å². The number of rotatable bonds is 4. The molecule has 1 aromatic carbocycles. The highest BCUT2D eigenvalue weighted by Gasteiger charge is 2.67. The van der Waals surface area contributed by atoms with Crippen LogP contribution in [0.25, 0.3) is 0 Å². The highest BCUT2D eigenvalue weighted by molar-refractivity contribution is 9.10. The first-order valence-corrected chi connectivity index (χ1v) is 14.8. The lowest BCUT2D eigenvalue weighted by Crippen LogP contribution is -2.58. The Morgan fingerprint density at radius 1 is 1.11 bits per heavy atom. The summed E-state index contributed by atoms with van der Waals surface area (Å²) in [4.78, 5) is 13.2. The maximum absolute atomic E-state index is 13.2. The van der Waals surface area contributed by atoms with Crippen LogP contribution in [0.1, 0.15) is 85.5 Å². The van der Waals surface area contributed by atoms with E-state index < -0.39 is 0 Å². The third-order valence-electron chi connectivity index (χ3n) is 10.5. The van der Waals surface area contributed by atoms with Crippen molar-refractivity contribution in [1.82, 2.24) is 5.43 Å². The number of nitrogens with zero attached hydrogens (tertiary/aromatic N) is 1. The van der Waals surface area contributed by atoms with Crippen LogP contribution < -0.4 is 10.7 Å². The number of hydrogen-bond acceptors (Lipinski definition) is 4. The third-order valence-corrected chi connectivity index (χ3v) is 11.2. The summed E-state index contributed by atoms with van der Waals surface area (Å²) in [5.74, 6) is 1.06. The Morgan fingerprint density at radius 3 is 2.56 bits per heavy atom. The van der Waals surface area contributed by atoms with Crippen molar-refractivity contribution in [2.75, 3.05) is 11.9 Å². The number of benzene rings is 1. The summed E-state index contributed by atoms with van der Waals surface area (Å²) in [7, 11) is 0. The van der Waals surface area contributed by atoms with Gasteiger partial charge in [0, 0.05) is 21.3 Å². The van der Waals surface area contributed by atoms with Gasteiger partial charge in [-0.1, -0.05) is 36.2 Å². The summed E-state index contributed by atoms with van der Waals surface area (Å²) < 4.78 is 6.66. The fraction of sp³-hybridized carbons (Fsp3) is 0.690. The Hall–Kier alpha value is -1.47. The van der Waals surface area contributed by atoms with Gasteiger partial charge in [0.1, 0.15) is 0 Å². The third kappa shape index (κ3) is 4.22. The van der Waals surface area contributed by atoms with E-state index in [4.69, 9.17) is 22.1 Å². The molecule has 0 aliphatic heterocycles. The van der Waals surface area contributed by atoms with E-state index in [9.17, 15) is 4.79 Å². The number of ether oxygens (including phenoxy) is 1. The summed E-state index contributed by atoms with van der Waals surface area (Å²) >= 11 is 9.02. The van der Waals surface area contributed by atoms with Crippen LogP contribution in [0, 0.1) is 33.5 Å². The Bertz CT molecular complexity index is 1080.